The van der Waals surface area contributed by atoms with E-state index in [-0.39, 0.29) is 63.7 Å². The van der Waals surface area contributed by atoms with E-state index in [0.717, 1.165) is 0 Å². The lowest BCUT2D eigenvalue weighted by Crippen LogP contribution is -2.30. The summed E-state index contributed by atoms with van der Waals surface area (Å²) in [6.07, 6.45) is -2.55. The summed E-state index contributed by atoms with van der Waals surface area (Å²) in [5.74, 6) is -3.21. The van der Waals surface area contributed by atoms with Crippen LogP contribution in [0, 0.1) is 12.8 Å². The van der Waals surface area contributed by atoms with Crippen LogP contribution in [-0.2, 0) is 12.8 Å². The molecule has 38 heavy (non-hydrogen) atoms. The molecule has 3 aromatic carbocycles. The molecule has 0 saturated heterocycles. The number of phenolic OH excluding ortho intramolecular Hbond substituents is 6. The van der Waals surface area contributed by atoms with Gasteiger partial charge in [0.1, 0.15) is 46.2 Å². The number of ketones is 1. The molecule has 2 atom stereocenters. The number of methoxy groups -OCH3 is 1. The molecule has 3 aromatic rings. The number of aliphatic hydroxyl groups excluding tert-OH is 1. The van der Waals surface area contributed by atoms with Crippen molar-refractivity contribution in [2.24, 2.45) is 5.92 Å². The minimum absolute atomic E-state index is 0.0316. The first kappa shape index (κ1) is 26.7. The SMILES string of the molecule is COc1c(C)c(O)c(Cc2c(O)cc3c(c2O)C[C@H](O)[C@@H](c2ccc(O)c(O)c2)O3)c(O)c1C(=O)C(C)C. The topological polar surface area (TPSA) is 177 Å². The molecule has 10 heteroatoms. The number of fused-ring (bicyclic) bond motifs is 1. The van der Waals surface area contributed by atoms with E-state index >= 15 is 0 Å². The number of aliphatic hydroxyl groups is 1. The Hall–Kier alpha value is -4.31. The van der Waals surface area contributed by atoms with Crippen LogP contribution in [-0.4, -0.2) is 54.7 Å². The highest BCUT2D eigenvalue weighted by Crippen LogP contribution is 2.49. The van der Waals surface area contributed by atoms with Crippen molar-refractivity contribution in [2.45, 2.75) is 45.8 Å². The van der Waals surface area contributed by atoms with Gasteiger partial charge in [0.2, 0.25) is 0 Å². The summed E-state index contributed by atoms with van der Waals surface area (Å²) in [6.45, 7) is 4.83. The fraction of sp³-hybridized carbons (Fsp3) is 0.321. The van der Waals surface area contributed by atoms with Gasteiger partial charge < -0.3 is 45.2 Å². The van der Waals surface area contributed by atoms with Crippen molar-refractivity contribution in [1.29, 1.82) is 0 Å². The summed E-state index contributed by atoms with van der Waals surface area (Å²) in [5, 5.41) is 73.9. The van der Waals surface area contributed by atoms with Gasteiger partial charge in [-0.25, -0.2) is 0 Å². The summed E-state index contributed by atoms with van der Waals surface area (Å²) in [4.78, 5) is 12.9. The summed E-state index contributed by atoms with van der Waals surface area (Å²) in [6, 6.07) is 5.21. The smallest absolute Gasteiger partial charge is 0.172 e. The average Bonchev–Trinajstić information content (AvgIpc) is 2.87. The van der Waals surface area contributed by atoms with Crippen LogP contribution in [0.25, 0.3) is 0 Å². The summed E-state index contributed by atoms with van der Waals surface area (Å²) in [7, 11) is 1.32. The predicted molar refractivity (Wildman–Crippen MR) is 136 cm³/mol. The van der Waals surface area contributed by atoms with Crippen LogP contribution in [0.2, 0.25) is 0 Å². The molecule has 0 radical (unpaired) electrons. The Labute approximate surface area is 218 Å². The maximum atomic E-state index is 12.9. The van der Waals surface area contributed by atoms with Crippen molar-refractivity contribution in [3.05, 3.63) is 57.6 Å². The molecule has 0 saturated carbocycles. The fourth-order valence-corrected chi connectivity index (χ4v) is 4.74. The third-order valence-electron chi connectivity index (χ3n) is 6.85. The van der Waals surface area contributed by atoms with E-state index in [1.165, 1.54) is 38.3 Å². The molecule has 1 aliphatic heterocycles. The van der Waals surface area contributed by atoms with Crippen LogP contribution in [0.15, 0.2) is 24.3 Å². The Balaban J connectivity index is 1.78. The van der Waals surface area contributed by atoms with Crippen LogP contribution in [0.5, 0.6) is 46.0 Å². The molecule has 1 heterocycles. The predicted octanol–water partition coefficient (Wildman–Crippen LogP) is 3.70. The van der Waals surface area contributed by atoms with E-state index in [2.05, 4.69) is 0 Å². The number of Topliss-reactive ketones (excluding diaryl/α,β-unsaturated/α-hetero) is 1. The molecular weight excluding hydrogens is 496 g/mol. The molecule has 0 aromatic heterocycles. The Morgan fingerprint density at radius 1 is 0.974 bits per heavy atom. The molecule has 0 spiro atoms. The molecule has 0 unspecified atom stereocenters. The standard InChI is InChI=1S/C28H30O10/c1-11(2)23(33)22-26(36)16(24(34)12(3)27(22)37-4)8-14-18(30)10-21-15(25(14)35)9-20(32)28(38-21)13-5-6-17(29)19(31)7-13/h5-7,10-11,20,28-32,34-36H,8-9H2,1-4H3/t20-,28+/m0/s1. The van der Waals surface area contributed by atoms with Crippen molar-refractivity contribution in [3.8, 4) is 46.0 Å². The zero-order valence-electron chi connectivity index (χ0n) is 21.3. The first-order chi connectivity index (χ1) is 17.9. The summed E-state index contributed by atoms with van der Waals surface area (Å²) >= 11 is 0. The Morgan fingerprint density at radius 3 is 2.26 bits per heavy atom. The van der Waals surface area contributed by atoms with E-state index in [1.807, 2.05) is 0 Å². The normalized spacial score (nSPS) is 16.7. The number of hydrogen-bond acceptors (Lipinski definition) is 10. The second kappa shape index (κ2) is 9.86. The van der Waals surface area contributed by atoms with Crippen LogP contribution < -0.4 is 9.47 Å². The summed E-state index contributed by atoms with van der Waals surface area (Å²) in [5.41, 5.74) is 0.508. The molecule has 10 nitrogen and oxygen atoms in total. The molecule has 0 bridgehead atoms. The highest BCUT2D eigenvalue weighted by molar-refractivity contribution is 6.03. The van der Waals surface area contributed by atoms with Gasteiger partial charge in [-0.1, -0.05) is 19.9 Å². The lowest BCUT2D eigenvalue weighted by atomic mass is 9.88. The fourth-order valence-electron chi connectivity index (χ4n) is 4.74. The second-order valence-electron chi connectivity index (χ2n) is 9.66. The Kier molecular flexibility index (Phi) is 6.94. The molecule has 7 N–H and O–H groups in total. The van der Waals surface area contributed by atoms with Gasteiger partial charge in [-0.05, 0) is 24.6 Å². The number of rotatable bonds is 6. The lowest BCUT2D eigenvalue weighted by molar-refractivity contribution is 0.0196. The van der Waals surface area contributed by atoms with E-state index in [9.17, 15) is 40.5 Å². The zero-order valence-corrected chi connectivity index (χ0v) is 21.3. The number of hydrogen-bond donors (Lipinski definition) is 7. The maximum Gasteiger partial charge on any atom is 0.172 e. The molecule has 202 valence electrons. The zero-order chi connectivity index (χ0) is 28.0. The quantitative estimate of drug-likeness (QED) is 0.185. The lowest BCUT2D eigenvalue weighted by Gasteiger charge is -2.32. The Morgan fingerprint density at radius 2 is 1.66 bits per heavy atom. The van der Waals surface area contributed by atoms with Crippen LogP contribution in [0.4, 0.5) is 0 Å². The second-order valence-corrected chi connectivity index (χ2v) is 9.66. The number of phenols is 6. The van der Waals surface area contributed by atoms with Crippen molar-refractivity contribution in [3.63, 3.8) is 0 Å². The highest BCUT2D eigenvalue weighted by atomic mass is 16.5. The number of carbonyl (C=O) groups is 1. The van der Waals surface area contributed by atoms with E-state index in [0.29, 0.717) is 5.56 Å². The molecule has 0 aliphatic carbocycles. The van der Waals surface area contributed by atoms with Gasteiger partial charge in [0, 0.05) is 47.1 Å². The monoisotopic (exact) mass is 526 g/mol. The average molecular weight is 527 g/mol. The van der Waals surface area contributed by atoms with E-state index in [1.54, 1.807) is 13.8 Å². The third-order valence-corrected chi connectivity index (χ3v) is 6.85. The maximum absolute atomic E-state index is 12.9. The molecule has 1 aliphatic rings. The first-order valence-electron chi connectivity index (χ1n) is 12.0. The van der Waals surface area contributed by atoms with Gasteiger partial charge in [0.15, 0.2) is 17.3 Å². The number of aromatic hydroxyl groups is 6. The molecular formula is C28H30O10. The number of benzene rings is 3. The Bertz CT molecular complexity index is 1430. The minimum Gasteiger partial charge on any atom is -0.507 e. The van der Waals surface area contributed by atoms with Gasteiger partial charge in [-0.3, -0.25) is 4.79 Å². The highest BCUT2D eigenvalue weighted by Gasteiger charge is 2.35. The van der Waals surface area contributed by atoms with Gasteiger partial charge >= 0.3 is 0 Å². The van der Waals surface area contributed by atoms with Gasteiger partial charge in [0.05, 0.1) is 13.2 Å². The van der Waals surface area contributed by atoms with Gasteiger partial charge in [-0.15, -0.1) is 0 Å². The van der Waals surface area contributed by atoms with Gasteiger partial charge in [-0.2, -0.15) is 0 Å². The molecule has 4 rings (SSSR count). The van der Waals surface area contributed by atoms with Crippen LogP contribution in [0.1, 0.15) is 58.1 Å². The van der Waals surface area contributed by atoms with Gasteiger partial charge in [0.25, 0.3) is 0 Å². The van der Waals surface area contributed by atoms with Crippen LogP contribution >= 0.6 is 0 Å². The molecule has 0 amide bonds. The summed E-state index contributed by atoms with van der Waals surface area (Å²) < 4.78 is 11.1. The third kappa shape index (κ3) is 4.37. The largest absolute Gasteiger partial charge is 0.507 e. The molecule has 0 fully saturated rings. The van der Waals surface area contributed by atoms with Crippen molar-refractivity contribution in [1.82, 2.24) is 0 Å². The first-order valence-corrected chi connectivity index (χ1v) is 12.0. The van der Waals surface area contributed by atoms with Crippen molar-refractivity contribution < 1.29 is 50.0 Å². The van der Waals surface area contributed by atoms with Crippen molar-refractivity contribution >= 4 is 5.78 Å². The minimum atomic E-state index is -1.16. The number of carbonyl (C=O) groups excluding carboxylic acids is 1. The van der Waals surface area contributed by atoms with Crippen molar-refractivity contribution in [2.75, 3.05) is 7.11 Å². The van der Waals surface area contributed by atoms with E-state index < -0.39 is 46.9 Å². The van der Waals surface area contributed by atoms with Crippen LogP contribution in [0.3, 0.4) is 0 Å². The van der Waals surface area contributed by atoms with E-state index in [4.69, 9.17) is 9.47 Å². The number of ether oxygens (including phenoxy) is 2.